The topological polar surface area (TPSA) is 71.3 Å². The first-order valence-electron chi connectivity index (χ1n) is 5.55. The quantitative estimate of drug-likeness (QED) is 0.838. The van der Waals surface area contributed by atoms with Crippen molar-refractivity contribution < 1.29 is 27.2 Å². The Morgan fingerprint density at radius 3 is 2.60 bits per heavy atom. The number of imide groups is 1. The number of carbonyl (C=O) groups excluding carboxylic acids is 2. The molecule has 0 fully saturated rings. The first-order chi connectivity index (χ1) is 9.19. The van der Waals surface area contributed by atoms with Gasteiger partial charge in [-0.25, -0.2) is 4.79 Å². The largest absolute Gasteiger partial charge is 0.468 e. The number of rotatable bonds is 4. The summed E-state index contributed by atoms with van der Waals surface area (Å²) in [7, 11) is 0. The normalized spacial score (nSPS) is 12.8. The second-order valence-electron chi connectivity index (χ2n) is 3.89. The van der Waals surface area contributed by atoms with Crippen LogP contribution in [0.1, 0.15) is 12.7 Å². The summed E-state index contributed by atoms with van der Waals surface area (Å²) in [5.74, 6) is -0.0635. The maximum atomic E-state index is 11.9. The van der Waals surface area contributed by atoms with Gasteiger partial charge in [0.2, 0.25) is 5.91 Å². The van der Waals surface area contributed by atoms with Gasteiger partial charge in [0.15, 0.2) is 0 Å². The van der Waals surface area contributed by atoms with Crippen LogP contribution < -0.4 is 10.6 Å². The lowest BCUT2D eigenvalue weighted by Gasteiger charge is -2.12. The Kier molecular flexibility index (Phi) is 5.49. The lowest BCUT2D eigenvalue weighted by molar-refractivity contribution is -0.124. The summed E-state index contributed by atoms with van der Waals surface area (Å²) in [5, 5.41) is 2.75. The van der Waals surface area contributed by atoms with Gasteiger partial charge in [0.1, 0.15) is 12.3 Å². The summed E-state index contributed by atoms with van der Waals surface area (Å²) in [6, 6.07) is 0.483. The van der Waals surface area contributed by atoms with Gasteiger partial charge in [0.25, 0.3) is 0 Å². The van der Waals surface area contributed by atoms with Crippen LogP contribution in [0.4, 0.5) is 18.0 Å². The number of halogens is 3. The minimum Gasteiger partial charge on any atom is -0.468 e. The number of furan rings is 1. The molecule has 1 aromatic rings. The minimum atomic E-state index is -4.52. The van der Waals surface area contributed by atoms with Crippen LogP contribution >= 0.6 is 11.8 Å². The van der Waals surface area contributed by atoms with Crippen LogP contribution in [-0.2, 0) is 4.79 Å². The van der Waals surface area contributed by atoms with Crippen molar-refractivity contribution in [1.82, 2.24) is 10.6 Å². The second-order valence-corrected chi connectivity index (χ2v) is 5.27. The maximum Gasteiger partial charge on any atom is 0.405 e. The fourth-order valence-corrected chi connectivity index (χ4v) is 2.07. The van der Waals surface area contributed by atoms with Gasteiger partial charge in [-0.05, 0) is 19.9 Å². The molecule has 5 nitrogen and oxygen atoms in total. The number of amides is 3. The van der Waals surface area contributed by atoms with Crippen molar-refractivity contribution in [3.63, 3.8) is 0 Å². The molecule has 2 N–H and O–H groups in total. The van der Waals surface area contributed by atoms with E-state index in [4.69, 9.17) is 4.42 Å². The third-order valence-corrected chi connectivity index (χ3v) is 3.42. The molecule has 0 aliphatic carbocycles. The molecule has 3 amide bonds. The molecule has 112 valence electrons. The van der Waals surface area contributed by atoms with Crippen molar-refractivity contribution in [3.05, 3.63) is 18.1 Å². The average Bonchev–Trinajstić information content (AvgIpc) is 2.71. The smallest absolute Gasteiger partial charge is 0.405 e. The number of urea groups is 1. The minimum absolute atomic E-state index is 0.621. The third kappa shape index (κ3) is 5.55. The zero-order valence-electron chi connectivity index (χ0n) is 10.7. The summed E-state index contributed by atoms with van der Waals surface area (Å²) < 4.78 is 40.6. The van der Waals surface area contributed by atoms with E-state index in [-0.39, 0.29) is 0 Å². The number of hydrogen-bond donors (Lipinski definition) is 2. The Balaban J connectivity index is 2.42. The number of carbonyl (C=O) groups is 2. The van der Waals surface area contributed by atoms with Crippen LogP contribution in [-0.4, -0.2) is 29.9 Å². The molecule has 1 aromatic heterocycles. The molecule has 0 aromatic carbocycles. The Morgan fingerprint density at radius 2 is 2.10 bits per heavy atom. The van der Waals surface area contributed by atoms with E-state index in [2.05, 4.69) is 0 Å². The van der Waals surface area contributed by atoms with Crippen LogP contribution in [0, 0.1) is 6.92 Å². The standard InChI is InChI=1S/C11H13F3N2O3S/c1-6-8(3-4-19-6)20-7(2)9(17)16-10(18)15-5-11(12,13)14/h3-4,7H,5H2,1-2H3,(H2,15,16,17,18)/t7-/m1/s1. The van der Waals surface area contributed by atoms with Crippen LogP contribution in [0.25, 0.3) is 0 Å². The van der Waals surface area contributed by atoms with E-state index < -0.39 is 29.9 Å². The summed E-state index contributed by atoms with van der Waals surface area (Å²) in [6.07, 6.45) is -3.06. The summed E-state index contributed by atoms with van der Waals surface area (Å²) in [6.45, 7) is 1.75. The van der Waals surface area contributed by atoms with Crippen molar-refractivity contribution >= 4 is 23.7 Å². The molecule has 1 heterocycles. The molecule has 1 rings (SSSR count). The summed E-state index contributed by atoms with van der Waals surface area (Å²) in [4.78, 5) is 23.4. The first kappa shape index (κ1) is 16.4. The predicted octanol–water partition coefficient (Wildman–Crippen LogP) is 2.46. The number of thioether (sulfide) groups is 1. The van der Waals surface area contributed by atoms with E-state index in [1.54, 1.807) is 18.3 Å². The van der Waals surface area contributed by atoms with Crippen molar-refractivity contribution in [2.45, 2.75) is 30.2 Å². The van der Waals surface area contributed by atoms with Crippen molar-refractivity contribution in [3.8, 4) is 0 Å². The second kappa shape index (κ2) is 6.69. The number of aryl methyl sites for hydroxylation is 1. The molecular formula is C11H13F3N2O3S. The van der Waals surface area contributed by atoms with Crippen molar-refractivity contribution in [1.29, 1.82) is 0 Å². The van der Waals surface area contributed by atoms with E-state index in [0.29, 0.717) is 5.76 Å². The molecule has 0 spiro atoms. The van der Waals surface area contributed by atoms with Crippen molar-refractivity contribution in [2.24, 2.45) is 0 Å². The first-order valence-corrected chi connectivity index (χ1v) is 6.43. The van der Waals surface area contributed by atoms with E-state index in [1.807, 2.05) is 5.32 Å². The highest BCUT2D eigenvalue weighted by Gasteiger charge is 2.28. The monoisotopic (exact) mass is 310 g/mol. The zero-order chi connectivity index (χ0) is 15.3. The van der Waals surface area contributed by atoms with Crippen LogP contribution in [0.2, 0.25) is 0 Å². The molecule has 0 saturated carbocycles. The molecule has 0 aliphatic heterocycles. The fourth-order valence-electron chi connectivity index (χ4n) is 1.18. The highest BCUT2D eigenvalue weighted by atomic mass is 32.2. The molecule has 0 aliphatic rings. The molecule has 0 saturated heterocycles. The highest BCUT2D eigenvalue weighted by molar-refractivity contribution is 8.00. The van der Waals surface area contributed by atoms with Crippen LogP contribution in [0.3, 0.4) is 0 Å². The number of nitrogens with one attached hydrogen (secondary N) is 2. The Bertz CT molecular complexity index is 488. The zero-order valence-corrected chi connectivity index (χ0v) is 11.5. The van der Waals surface area contributed by atoms with Gasteiger partial charge < -0.3 is 9.73 Å². The van der Waals surface area contributed by atoms with Gasteiger partial charge in [-0.15, -0.1) is 11.8 Å². The van der Waals surface area contributed by atoms with Gasteiger partial charge in [-0.3, -0.25) is 10.1 Å². The average molecular weight is 310 g/mol. The SMILES string of the molecule is Cc1occc1S[C@H](C)C(=O)NC(=O)NCC(F)(F)F. The number of alkyl halides is 3. The summed E-state index contributed by atoms with van der Waals surface area (Å²) >= 11 is 1.14. The molecule has 20 heavy (non-hydrogen) atoms. The fraction of sp³-hybridized carbons (Fsp3) is 0.455. The Hall–Kier alpha value is -1.64. The Morgan fingerprint density at radius 1 is 1.45 bits per heavy atom. The van der Waals surface area contributed by atoms with Gasteiger partial charge in [-0.1, -0.05) is 0 Å². The van der Waals surface area contributed by atoms with Crippen LogP contribution in [0.15, 0.2) is 21.6 Å². The van der Waals surface area contributed by atoms with E-state index in [0.717, 1.165) is 16.7 Å². The van der Waals surface area contributed by atoms with Crippen molar-refractivity contribution in [2.75, 3.05) is 6.54 Å². The molecule has 0 bridgehead atoms. The van der Waals surface area contributed by atoms with E-state index in [1.165, 1.54) is 13.2 Å². The number of hydrogen-bond acceptors (Lipinski definition) is 4. The molecule has 0 radical (unpaired) electrons. The van der Waals surface area contributed by atoms with Gasteiger partial charge >= 0.3 is 12.2 Å². The maximum absolute atomic E-state index is 11.9. The molecule has 0 unspecified atom stereocenters. The predicted molar refractivity (Wildman–Crippen MR) is 66.4 cm³/mol. The summed E-state index contributed by atoms with van der Waals surface area (Å²) in [5.41, 5.74) is 0. The van der Waals surface area contributed by atoms with Gasteiger partial charge in [0, 0.05) is 4.90 Å². The highest BCUT2D eigenvalue weighted by Crippen LogP contribution is 2.27. The lowest BCUT2D eigenvalue weighted by Crippen LogP contribution is -2.45. The molecule has 1 atom stereocenters. The van der Waals surface area contributed by atoms with E-state index >= 15 is 0 Å². The Labute approximate surface area is 117 Å². The van der Waals surface area contributed by atoms with Crippen LogP contribution in [0.5, 0.6) is 0 Å². The lowest BCUT2D eigenvalue weighted by atomic mass is 10.4. The molecular weight excluding hydrogens is 297 g/mol. The van der Waals surface area contributed by atoms with Gasteiger partial charge in [0.05, 0.1) is 11.5 Å². The van der Waals surface area contributed by atoms with Gasteiger partial charge in [-0.2, -0.15) is 13.2 Å². The van der Waals surface area contributed by atoms with E-state index in [9.17, 15) is 22.8 Å². The molecule has 9 heteroatoms. The third-order valence-electron chi connectivity index (χ3n) is 2.17.